The smallest absolute Gasteiger partial charge is 0.338 e. The molecule has 1 amide bonds. The van der Waals surface area contributed by atoms with Gasteiger partial charge in [0, 0.05) is 64.6 Å². The third kappa shape index (κ3) is 7.15. The number of aromatic nitrogens is 4. The number of nitrogens with zero attached hydrogens (tertiary/aromatic N) is 4. The predicted octanol–water partition coefficient (Wildman–Crippen LogP) is 8.68. The van der Waals surface area contributed by atoms with Crippen molar-refractivity contribution in [3.8, 4) is 16.9 Å². The molecule has 272 valence electrons. The highest BCUT2D eigenvalue weighted by Gasteiger charge is 2.25. The Bertz CT molecular complexity index is 2310. The number of rotatable bonds is 12. The zero-order valence-corrected chi connectivity index (χ0v) is 32.3. The van der Waals surface area contributed by atoms with Crippen molar-refractivity contribution in [3.63, 3.8) is 0 Å². The molecule has 3 heterocycles. The van der Waals surface area contributed by atoms with Crippen LogP contribution < -0.4 is 10.1 Å². The summed E-state index contributed by atoms with van der Waals surface area (Å²) in [7, 11) is 7.28. The van der Waals surface area contributed by atoms with E-state index < -0.39 is 5.97 Å². The number of anilines is 1. The quantitative estimate of drug-likeness (QED) is 0.0961. The van der Waals surface area contributed by atoms with Gasteiger partial charge in [-0.15, -0.1) is 0 Å². The van der Waals surface area contributed by atoms with Gasteiger partial charge in [-0.3, -0.25) is 9.48 Å². The molecule has 6 rings (SSSR count). The SMILES string of the molecule is COC(=O)c1cc(NC(=O)c2[nH]c3c(-c4c(C)nn(C)c4C)c(Cl)ccc3c2CCCOc2cc(C)c(Cl)c(C)c2)cc2c1ccn2CCN(C)C. The molecule has 52 heavy (non-hydrogen) atoms. The second kappa shape index (κ2) is 15.1. The minimum atomic E-state index is -0.481. The number of aryl methyl sites for hydroxylation is 5. The van der Waals surface area contributed by atoms with Gasteiger partial charge < -0.3 is 29.2 Å². The van der Waals surface area contributed by atoms with E-state index in [0.29, 0.717) is 48.0 Å². The number of fused-ring (bicyclic) bond motifs is 2. The number of H-pyrrole nitrogens is 1. The molecular formula is C40H44Cl2N6O4. The van der Waals surface area contributed by atoms with Gasteiger partial charge in [0.15, 0.2) is 0 Å². The Morgan fingerprint density at radius 1 is 0.981 bits per heavy atom. The number of benzene rings is 3. The highest BCUT2D eigenvalue weighted by atomic mass is 35.5. The van der Waals surface area contributed by atoms with Gasteiger partial charge in [-0.25, -0.2) is 4.79 Å². The van der Waals surface area contributed by atoms with Crippen LogP contribution in [0.15, 0.2) is 48.7 Å². The van der Waals surface area contributed by atoms with Gasteiger partial charge in [-0.2, -0.15) is 5.10 Å². The molecule has 12 heteroatoms. The standard InChI is InChI=1S/C40H44Cl2N6O4/c1-22-18-27(19-23(2)36(22)42)52-17-9-10-29-30-11-12-32(41)35(34-24(3)45-47(7)25(34)4)37(30)44-38(29)39(49)43-26-20-31(40(50)51-8)28-13-14-48(33(28)21-26)16-15-46(5)6/h11-14,18-21,44H,9-10,15-17H2,1-8H3,(H,43,49). The van der Waals surface area contributed by atoms with E-state index in [-0.39, 0.29) is 5.91 Å². The van der Waals surface area contributed by atoms with Crippen LogP contribution in [0.2, 0.25) is 10.0 Å². The van der Waals surface area contributed by atoms with Crippen LogP contribution in [0.3, 0.4) is 0 Å². The number of esters is 1. The molecule has 3 aromatic carbocycles. The van der Waals surface area contributed by atoms with Crippen molar-refractivity contribution in [2.45, 2.75) is 47.1 Å². The van der Waals surface area contributed by atoms with Crippen LogP contribution in [-0.4, -0.2) is 70.5 Å². The summed E-state index contributed by atoms with van der Waals surface area (Å²) in [5.41, 5.74) is 9.06. The molecular weight excluding hydrogens is 699 g/mol. The lowest BCUT2D eigenvalue weighted by Gasteiger charge is -2.13. The number of methoxy groups -OCH3 is 1. The van der Waals surface area contributed by atoms with Crippen molar-refractivity contribution in [1.82, 2.24) is 24.2 Å². The molecule has 0 spiro atoms. The van der Waals surface area contributed by atoms with E-state index in [9.17, 15) is 9.59 Å². The van der Waals surface area contributed by atoms with Gasteiger partial charge in [0.1, 0.15) is 11.4 Å². The average molecular weight is 744 g/mol. The number of amides is 1. The Kier molecular flexibility index (Phi) is 10.7. The minimum absolute atomic E-state index is 0.348. The second-order valence-corrected chi connectivity index (χ2v) is 14.3. The first-order chi connectivity index (χ1) is 24.8. The normalized spacial score (nSPS) is 11.6. The van der Waals surface area contributed by atoms with Crippen LogP contribution in [0.4, 0.5) is 5.69 Å². The Hall–Kier alpha value is -4.77. The summed E-state index contributed by atoms with van der Waals surface area (Å²) in [4.78, 5) is 32.9. The number of carbonyl (C=O) groups excluding carboxylic acids is 2. The molecule has 0 radical (unpaired) electrons. The Balaban J connectivity index is 1.40. The fourth-order valence-electron chi connectivity index (χ4n) is 6.90. The number of ether oxygens (including phenoxy) is 2. The molecule has 0 unspecified atom stereocenters. The molecule has 0 saturated heterocycles. The van der Waals surface area contributed by atoms with E-state index in [4.69, 9.17) is 32.7 Å². The molecule has 6 aromatic rings. The van der Waals surface area contributed by atoms with E-state index in [0.717, 1.165) is 78.3 Å². The van der Waals surface area contributed by atoms with Crippen LogP contribution in [-0.2, 0) is 24.8 Å². The number of hydrogen-bond donors (Lipinski definition) is 2. The number of hydrogen-bond acceptors (Lipinski definition) is 6. The minimum Gasteiger partial charge on any atom is -0.494 e. The lowest BCUT2D eigenvalue weighted by atomic mass is 9.98. The van der Waals surface area contributed by atoms with E-state index in [1.54, 1.807) is 6.07 Å². The summed E-state index contributed by atoms with van der Waals surface area (Å²) in [5, 5.41) is 10.6. The van der Waals surface area contributed by atoms with Crippen molar-refractivity contribution in [2.24, 2.45) is 7.05 Å². The third-order valence-electron chi connectivity index (χ3n) is 9.61. The van der Waals surface area contributed by atoms with Gasteiger partial charge >= 0.3 is 5.97 Å². The first-order valence-corrected chi connectivity index (χ1v) is 17.9. The van der Waals surface area contributed by atoms with Crippen LogP contribution in [0.1, 0.15) is 55.3 Å². The van der Waals surface area contributed by atoms with Gasteiger partial charge in [0.2, 0.25) is 0 Å². The van der Waals surface area contributed by atoms with Gasteiger partial charge in [0.25, 0.3) is 5.91 Å². The molecule has 0 atom stereocenters. The number of likely N-dealkylation sites (N-methyl/N-ethyl adjacent to an activating group) is 1. The van der Waals surface area contributed by atoms with Gasteiger partial charge in [-0.05, 0) is 108 Å². The molecule has 0 saturated carbocycles. The monoisotopic (exact) mass is 742 g/mol. The summed E-state index contributed by atoms with van der Waals surface area (Å²) < 4.78 is 15.2. The van der Waals surface area contributed by atoms with Crippen molar-refractivity contribution >= 4 is 62.6 Å². The number of carbonyl (C=O) groups is 2. The summed E-state index contributed by atoms with van der Waals surface area (Å²) in [6.45, 7) is 9.81. The van der Waals surface area contributed by atoms with E-state index in [1.165, 1.54) is 7.11 Å². The first kappa shape index (κ1) is 37.0. The van der Waals surface area contributed by atoms with Crippen LogP contribution in [0, 0.1) is 27.7 Å². The van der Waals surface area contributed by atoms with Crippen molar-refractivity contribution in [1.29, 1.82) is 0 Å². The number of halogens is 2. The highest BCUT2D eigenvalue weighted by molar-refractivity contribution is 6.35. The highest BCUT2D eigenvalue weighted by Crippen LogP contribution is 2.40. The summed E-state index contributed by atoms with van der Waals surface area (Å²) in [6, 6.07) is 13.2. The fourth-order valence-corrected chi connectivity index (χ4v) is 7.26. The fraction of sp³-hybridized carbons (Fsp3) is 0.325. The molecule has 0 aliphatic heterocycles. The molecule has 0 bridgehead atoms. The molecule has 3 aromatic heterocycles. The average Bonchev–Trinajstić information content (AvgIpc) is 3.76. The van der Waals surface area contributed by atoms with Crippen molar-refractivity contribution in [3.05, 3.63) is 98.0 Å². The number of aromatic amines is 1. The summed E-state index contributed by atoms with van der Waals surface area (Å²) in [6.07, 6.45) is 3.12. The summed E-state index contributed by atoms with van der Waals surface area (Å²) >= 11 is 13.3. The summed E-state index contributed by atoms with van der Waals surface area (Å²) in [5.74, 6) is -0.0790. The lowest BCUT2D eigenvalue weighted by Crippen LogP contribution is -2.18. The maximum atomic E-state index is 14.4. The van der Waals surface area contributed by atoms with Crippen LogP contribution in [0.5, 0.6) is 5.75 Å². The van der Waals surface area contributed by atoms with E-state index in [1.807, 2.05) is 96.1 Å². The third-order valence-corrected chi connectivity index (χ3v) is 10.5. The Labute approximate surface area is 313 Å². The number of nitrogens with one attached hydrogen (secondary N) is 2. The zero-order chi connectivity index (χ0) is 37.4. The van der Waals surface area contributed by atoms with Crippen LogP contribution >= 0.6 is 23.2 Å². The topological polar surface area (TPSA) is 106 Å². The maximum Gasteiger partial charge on any atom is 0.338 e. The Morgan fingerprint density at radius 3 is 2.37 bits per heavy atom. The Morgan fingerprint density at radius 2 is 1.71 bits per heavy atom. The second-order valence-electron chi connectivity index (χ2n) is 13.5. The van der Waals surface area contributed by atoms with E-state index >= 15 is 0 Å². The van der Waals surface area contributed by atoms with Crippen molar-refractivity contribution < 1.29 is 19.1 Å². The molecule has 0 fully saturated rings. The van der Waals surface area contributed by atoms with Gasteiger partial charge in [-0.1, -0.05) is 29.3 Å². The molecule has 0 aliphatic carbocycles. The van der Waals surface area contributed by atoms with Crippen molar-refractivity contribution in [2.75, 3.05) is 39.7 Å². The largest absolute Gasteiger partial charge is 0.494 e. The van der Waals surface area contributed by atoms with E-state index in [2.05, 4.69) is 24.9 Å². The predicted molar refractivity (Wildman–Crippen MR) is 210 cm³/mol. The zero-order valence-electron chi connectivity index (χ0n) is 30.8. The van der Waals surface area contributed by atoms with Gasteiger partial charge in [0.05, 0.1) is 41.0 Å². The molecule has 0 aliphatic rings. The van der Waals surface area contributed by atoms with Crippen LogP contribution in [0.25, 0.3) is 32.9 Å². The lowest BCUT2D eigenvalue weighted by molar-refractivity contribution is 0.0602. The molecule has 10 nitrogen and oxygen atoms in total. The molecule has 2 N–H and O–H groups in total. The maximum absolute atomic E-state index is 14.4. The first-order valence-electron chi connectivity index (χ1n) is 17.2.